The molecule has 0 heterocycles. The molecule has 0 aromatic carbocycles. The van der Waals surface area contributed by atoms with Crippen molar-refractivity contribution in [2.75, 3.05) is 0 Å². The standard InChI is InChI=1S/CHO2.3Na/c2-1-3;;;/h(H,2,3);;;/q-1;;;+1. The van der Waals surface area contributed by atoms with Crippen molar-refractivity contribution in [1.82, 2.24) is 0 Å². The van der Waals surface area contributed by atoms with E-state index in [9.17, 15) is 0 Å². The van der Waals surface area contributed by atoms with E-state index in [1.807, 2.05) is 0 Å². The van der Waals surface area contributed by atoms with Crippen LogP contribution in [0, 0.1) is 0 Å². The van der Waals surface area contributed by atoms with Crippen LogP contribution in [0.2, 0.25) is 0 Å². The Morgan fingerprint density at radius 3 is 1.33 bits per heavy atom. The second-order valence-electron chi connectivity index (χ2n) is 0.0913. The fourth-order valence-electron chi connectivity index (χ4n) is 0. The minimum absolute atomic E-state index is 0. The molecule has 0 bridgehead atoms. The summed E-state index contributed by atoms with van der Waals surface area (Å²) in [5.41, 5.74) is 0. The molecule has 0 fully saturated rings. The van der Waals surface area contributed by atoms with Crippen molar-refractivity contribution in [1.29, 1.82) is 0 Å². The summed E-state index contributed by atoms with van der Waals surface area (Å²) in [5, 5.41) is 6.76. The van der Waals surface area contributed by atoms with Crippen LogP contribution in [-0.4, -0.2) is 70.7 Å². The molecule has 0 saturated heterocycles. The van der Waals surface area contributed by atoms with Crippen LogP contribution in [0.15, 0.2) is 0 Å². The summed E-state index contributed by atoms with van der Waals surface area (Å²) >= 11 is 0. The molecule has 0 rings (SSSR count). The molecule has 1 N–H and O–H groups in total. The molecule has 0 aromatic rings. The second kappa shape index (κ2) is 26.0. The molecule has 5 heteroatoms. The molecule has 6 heavy (non-hydrogen) atoms. The zero-order valence-corrected chi connectivity index (χ0v) is 10.4. The summed E-state index contributed by atoms with van der Waals surface area (Å²) in [5.74, 6) is 0. The van der Waals surface area contributed by atoms with Crippen LogP contribution in [0.3, 0.4) is 0 Å². The first kappa shape index (κ1) is 23.7. The van der Waals surface area contributed by atoms with E-state index in [2.05, 4.69) is 0 Å². The zero-order chi connectivity index (χ0) is 2.71. The van der Waals surface area contributed by atoms with Crippen LogP contribution in [0.1, 0.15) is 0 Å². The molecular weight excluding hydrogens is 113 g/mol. The Morgan fingerprint density at radius 1 is 1.33 bits per heavy atom. The van der Waals surface area contributed by atoms with Gasteiger partial charge in [0.05, 0.1) is 0 Å². The number of hydrogen-bond donors (Lipinski definition) is 1. The quantitative estimate of drug-likeness (QED) is 0.256. The molecule has 0 atom stereocenters. The van der Waals surface area contributed by atoms with Crippen LogP contribution >= 0.6 is 0 Å². The van der Waals surface area contributed by atoms with E-state index < -0.39 is 0 Å². The summed E-state index contributed by atoms with van der Waals surface area (Å²) in [6, 6.07) is 0. The fraction of sp³-hybridized carbons (Fsp3) is 0. The molecule has 0 unspecified atom stereocenters. The van der Waals surface area contributed by atoms with Crippen molar-refractivity contribution < 1.29 is 39.5 Å². The van der Waals surface area contributed by atoms with Gasteiger partial charge in [-0.2, -0.15) is 0 Å². The van der Waals surface area contributed by atoms with Gasteiger partial charge in [0.2, 0.25) is 0 Å². The average molecular weight is 114 g/mol. The molecular formula is CHNa3O2. The van der Waals surface area contributed by atoms with E-state index in [1.54, 1.807) is 0 Å². The van der Waals surface area contributed by atoms with Crippen molar-refractivity contribution in [3.63, 3.8) is 0 Å². The third-order valence-electron chi connectivity index (χ3n) is 0. The predicted octanol–water partition coefficient (Wildman–Crippen LogP) is -4.15. The van der Waals surface area contributed by atoms with Crippen LogP contribution in [0.25, 0.3) is 0 Å². The van der Waals surface area contributed by atoms with E-state index >= 15 is 0 Å². The van der Waals surface area contributed by atoms with Crippen molar-refractivity contribution >= 4 is 65.6 Å². The summed E-state index contributed by atoms with van der Waals surface area (Å²) in [7, 11) is 0. The van der Waals surface area contributed by atoms with Gasteiger partial charge in [0.1, 0.15) is 0 Å². The van der Waals surface area contributed by atoms with E-state index in [0.29, 0.717) is 6.47 Å². The van der Waals surface area contributed by atoms with Crippen LogP contribution in [0.5, 0.6) is 0 Å². The van der Waals surface area contributed by atoms with Gasteiger partial charge in [-0.25, -0.2) is 0 Å². The SMILES string of the molecule is O=[C-]O.[Na+].[Na].[Na]. The first-order valence-corrected chi connectivity index (χ1v) is 0.428. The van der Waals surface area contributed by atoms with Crippen molar-refractivity contribution in [3.8, 4) is 0 Å². The average Bonchev–Trinajstić information content (AvgIpc) is 0.918. The summed E-state index contributed by atoms with van der Waals surface area (Å²) in [4.78, 5) is 8.24. The normalized spacial score (nSPS) is 2.00. The minimum atomic E-state index is 0. The monoisotopic (exact) mass is 114 g/mol. The van der Waals surface area contributed by atoms with Gasteiger partial charge < -0.3 is 9.90 Å². The first-order valence-electron chi connectivity index (χ1n) is 0.428. The van der Waals surface area contributed by atoms with Crippen molar-refractivity contribution in [2.24, 2.45) is 0 Å². The van der Waals surface area contributed by atoms with Gasteiger partial charge in [-0.1, -0.05) is 6.47 Å². The molecule has 0 saturated carbocycles. The Morgan fingerprint density at radius 2 is 1.33 bits per heavy atom. The first-order chi connectivity index (χ1) is 1.41. The van der Waals surface area contributed by atoms with Crippen molar-refractivity contribution in [3.05, 3.63) is 0 Å². The Labute approximate surface area is 103 Å². The second-order valence-corrected chi connectivity index (χ2v) is 0.0913. The van der Waals surface area contributed by atoms with Crippen LogP contribution < -0.4 is 29.6 Å². The summed E-state index contributed by atoms with van der Waals surface area (Å²) in [6.45, 7) is 0.500. The predicted molar refractivity (Wildman–Crippen MR) is 19.8 cm³/mol. The van der Waals surface area contributed by atoms with Crippen molar-refractivity contribution in [2.45, 2.75) is 0 Å². The van der Waals surface area contributed by atoms with E-state index in [4.69, 9.17) is 9.90 Å². The minimum Gasteiger partial charge on any atom is -0.665 e. The van der Waals surface area contributed by atoms with Gasteiger partial charge in [0.15, 0.2) is 0 Å². The number of aliphatic hydroxyl groups excluding tert-OH is 1. The van der Waals surface area contributed by atoms with Gasteiger partial charge in [0, 0.05) is 59.1 Å². The summed E-state index contributed by atoms with van der Waals surface area (Å²) in [6.07, 6.45) is 0. The van der Waals surface area contributed by atoms with Crippen LogP contribution in [0.4, 0.5) is 0 Å². The summed E-state index contributed by atoms with van der Waals surface area (Å²) < 4.78 is 0. The molecule has 0 aliphatic rings. The largest absolute Gasteiger partial charge is 1.00 e. The fourth-order valence-corrected chi connectivity index (χ4v) is 0. The topological polar surface area (TPSA) is 37.3 Å². The molecule has 0 aliphatic carbocycles. The van der Waals surface area contributed by atoms with Gasteiger partial charge in [-0.15, -0.1) is 0 Å². The Bertz CT molecular complexity index is 16.3. The molecule has 2 nitrogen and oxygen atoms in total. The Hall–Kier alpha value is 2.47. The Balaban J connectivity index is -0.00000000667. The van der Waals surface area contributed by atoms with Gasteiger partial charge in [-0.3, -0.25) is 0 Å². The van der Waals surface area contributed by atoms with Crippen LogP contribution in [-0.2, 0) is 4.79 Å². The van der Waals surface area contributed by atoms with Gasteiger partial charge in [0.25, 0.3) is 0 Å². The molecule has 2 radical (unpaired) electrons. The van der Waals surface area contributed by atoms with E-state index in [-0.39, 0.29) is 88.7 Å². The molecule has 0 amide bonds. The number of hydrogen-bond acceptors (Lipinski definition) is 1. The van der Waals surface area contributed by atoms with Gasteiger partial charge >= 0.3 is 29.6 Å². The molecule has 0 spiro atoms. The zero-order valence-electron chi connectivity index (χ0n) is 4.36. The molecule has 0 aliphatic heterocycles. The van der Waals surface area contributed by atoms with Gasteiger partial charge in [-0.05, 0) is 0 Å². The smallest absolute Gasteiger partial charge is 0.665 e. The molecule has 20 valence electrons. The third kappa shape index (κ3) is 31.7. The maximum absolute atomic E-state index is 8.24. The number of rotatable bonds is 0. The van der Waals surface area contributed by atoms with E-state index in [1.165, 1.54) is 0 Å². The molecule has 0 aromatic heterocycles. The third-order valence-corrected chi connectivity index (χ3v) is 0. The maximum Gasteiger partial charge on any atom is 1.00 e. The van der Waals surface area contributed by atoms with E-state index in [0.717, 1.165) is 0 Å². The maximum atomic E-state index is 8.24. The Kier molecular flexibility index (Phi) is 102.